The smallest absolute Gasteiger partial charge is 0.131 e. The van der Waals surface area contributed by atoms with Gasteiger partial charge in [0.15, 0.2) is 0 Å². The predicted molar refractivity (Wildman–Crippen MR) is 84.4 cm³/mol. The van der Waals surface area contributed by atoms with Gasteiger partial charge in [-0.2, -0.15) is 0 Å². The minimum absolute atomic E-state index is 0.263. The summed E-state index contributed by atoms with van der Waals surface area (Å²) in [6.07, 6.45) is 0. The molecule has 0 saturated carbocycles. The van der Waals surface area contributed by atoms with Crippen molar-refractivity contribution in [2.75, 3.05) is 0 Å². The standard InChI is InChI=1S/C16H8Cl3F/c17-13-8-15(19)14(18)7-12(13)10-3-1-5-11-9(10)4-2-6-16(11)20/h1-8H. The lowest BCUT2D eigenvalue weighted by Crippen LogP contribution is -1.86. The van der Waals surface area contributed by atoms with Gasteiger partial charge in [0.1, 0.15) is 5.82 Å². The van der Waals surface area contributed by atoms with Crippen LogP contribution in [0, 0.1) is 5.82 Å². The molecule has 4 heteroatoms. The molecule has 0 aliphatic rings. The molecule has 0 nitrogen and oxygen atoms in total. The van der Waals surface area contributed by atoms with Crippen molar-refractivity contribution in [3.8, 4) is 11.1 Å². The molecule has 100 valence electrons. The molecule has 0 bridgehead atoms. The fraction of sp³-hybridized carbons (Fsp3) is 0. The van der Waals surface area contributed by atoms with Gasteiger partial charge in [0.2, 0.25) is 0 Å². The second-order valence-electron chi connectivity index (χ2n) is 4.39. The molecule has 0 amide bonds. The van der Waals surface area contributed by atoms with Crippen LogP contribution in [0.3, 0.4) is 0 Å². The Morgan fingerprint density at radius 1 is 0.650 bits per heavy atom. The van der Waals surface area contributed by atoms with E-state index < -0.39 is 0 Å². The first kappa shape index (κ1) is 13.7. The van der Waals surface area contributed by atoms with Gasteiger partial charge in [-0.15, -0.1) is 0 Å². The maximum atomic E-state index is 13.8. The molecular formula is C16H8Cl3F. The molecule has 3 aromatic rings. The zero-order valence-electron chi connectivity index (χ0n) is 10.1. The third-order valence-electron chi connectivity index (χ3n) is 3.17. The van der Waals surface area contributed by atoms with Crippen molar-refractivity contribution >= 4 is 45.6 Å². The van der Waals surface area contributed by atoms with Crippen LogP contribution in [0.25, 0.3) is 21.9 Å². The molecule has 0 unspecified atom stereocenters. The summed E-state index contributed by atoms with van der Waals surface area (Å²) in [5.74, 6) is -0.263. The van der Waals surface area contributed by atoms with Crippen LogP contribution in [0.1, 0.15) is 0 Å². The second-order valence-corrected chi connectivity index (χ2v) is 5.61. The summed E-state index contributed by atoms with van der Waals surface area (Å²) in [6.45, 7) is 0. The third-order valence-corrected chi connectivity index (χ3v) is 4.20. The summed E-state index contributed by atoms with van der Waals surface area (Å²) in [5.41, 5.74) is 1.56. The monoisotopic (exact) mass is 324 g/mol. The summed E-state index contributed by atoms with van der Waals surface area (Å²) >= 11 is 18.2. The van der Waals surface area contributed by atoms with Crippen molar-refractivity contribution in [2.45, 2.75) is 0 Å². The van der Waals surface area contributed by atoms with Crippen molar-refractivity contribution in [2.24, 2.45) is 0 Å². The van der Waals surface area contributed by atoms with Crippen LogP contribution in [-0.4, -0.2) is 0 Å². The van der Waals surface area contributed by atoms with E-state index in [0.717, 1.165) is 16.5 Å². The summed E-state index contributed by atoms with van der Waals surface area (Å²) in [6, 6.07) is 13.7. The minimum atomic E-state index is -0.263. The molecule has 0 fully saturated rings. The average molecular weight is 326 g/mol. The summed E-state index contributed by atoms with van der Waals surface area (Å²) < 4.78 is 13.8. The first-order valence-electron chi connectivity index (χ1n) is 5.90. The summed E-state index contributed by atoms with van der Waals surface area (Å²) in [5, 5.41) is 2.63. The zero-order chi connectivity index (χ0) is 14.3. The van der Waals surface area contributed by atoms with Crippen LogP contribution in [0.4, 0.5) is 4.39 Å². The van der Waals surface area contributed by atoms with Gasteiger partial charge in [0.25, 0.3) is 0 Å². The molecule has 0 N–H and O–H groups in total. The molecule has 0 atom stereocenters. The molecule has 20 heavy (non-hydrogen) atoms. The van der Waals surface area contributed by atoms with Crippen LogP contribution in [-0.2, 0) is 0 Å². The molecule has 0 radical (unpaired) electrons. The number of hydrogen-bond acceptors (Lipinski definition) is 0. The van der Waals surface area contributed by atoms with E-state index in [-0.39, 0.29) is 5.82 Å². The van der Waals surface area contributed by atoms with Gasteiger partial charge < -0.3 is 0 Å². The van der Waals surface area contributed by atoms with Crippen LogP contribution in [0.2, 0.25) is 15.1 Å². The minimum Gasteiger partial charge on any atom is -0.206 e. The second kappa shape index (κ2) is 5.25. The van der Waals surface area contributed by atoms with Crippen LogP contribution >= 0.6 is 34.8 Å². The Labute approximate surface area is 130 Å². The Balaban J connectivity index is 2.36. The fourth-order valence-electron chi connectivity index (χ4n) is 2.24. The summed E-state index contributed by atoms with van der Waals surface area (Å²) in [7, 11) is 0. The number of benzene rings is 3. The first-order valence-corrected chi connectivity index (χ1v) is 7.03. The van der Waals surface area contributed by atoms with Crippen molar-refractivity contribution in [1.82, 2.24) is 0 Å². The van der Waals surface area contributed by atoms with E-state index in [2.05, 4.69) is 0 Å². The van der Waals surface area contributed by atoms with Crippen LogP contribution < -0.4 is 0 Å². The highest BCUT2D eigenvalue weighted by Gasteiger charge is 2.12. The Kier molecular flexibility index (Phi) is 3.59. The topological polar surface area (TPSA) is 0 Å². The molecular weight excluding hydrogens is 318 g/mol. The highest BCUT2D eigenvalue weighted by Crippen LogP contribution is 2.38. The number of halogens is 4. The van der Waals surface area contributed by atoms with Crippen molar-refractivity contribution in [3.05, 3.63) is 69.4 Å². The molecule has 0 aliphatic heterocycles. The van der Waals surface area contributed by atoms with Gasteiger partial charge in [-0.05, 0) is 29.1 Å². The van der Waals surface area contributed by atoms with E-state index in [1.807, 2.05) is 12.1 Å². The Hall–Kier alpha value is -1.28. The fourth-order valence-corrected chi connectivity index (χ4v) is 2.88. The predicted octanol–water partition coefficient (Wildman–Crippen LogP) is 6.61. The average Bonchev–Trinajstić information content (AvgIpc) is 2.43. The molecule has 0 aromatic heterocycles. The van der Waals surface area contributed by atoms with Crippen molar-refractivity contribution in [3.63, 3.8) is 0 Å². The highest BCUT2D eigenvalue weighted by atomic mass is 35.5. The normalized spacial score (nSPS) is 11.0. The van der Waals surface area contributed by atoms with Gasteiger partial charge in [-0.3, -0.25) is 0 Å². The Morgan fingerprint density at radius 3 is 2.10 bits per heavy atom. The SMILES string of the molecule is Fc1cccc2c(-c3cc(Cl)c(Cl)cc3Cl)cccc12. The lowest BCUT2D eigenvalue weighted by Gasteiger charge is -2.10. The lowest BCUT2D eigenvalue weighted by molar-refractivity contribution is 0.640. The van der Waals surface area contributed by atoms with Crippen LogP contribution in [0.15, 0.2) is 48.5 Å². The molecule has 0 heterocycles. The van der Waals surface area contributed by atoms with Gasteiger partial charge in [0.05, 0.1) is 10.0 Å². The van der Waals surface area contributed by atoms with E-state index >= 15 is 0 Å². The highest BCUT2D eigenvalue weighted by molar-refractivity contribution is 6.44. The third kappa shape index (κ3) is 2.26. The molecule has 3 aromatic carbocycles. The maximum absolute atomic E-state index is 13.8. The van der Waals surface area contributed by atoms with Gasteiger partial charge in [0, 0.05) is 16.0 Å². The van der Waals surface area contributed by atoms with Crippen molar-refractivity contribution in [1.29, 1.82) is 0 Å². The number of fused-ring (bicyclic) bond motifs is 1. The molecule has 3 rings (SSSR count). The van der Waals surface area contributed by atoms with Gasteiger partial charge in [-0.25, -0.2) is 4.39 Å². The molecule has 0 aliphatic carbocycles. The summed E-state index contributed by atoms with van der Waals surface area (Å²) in [4.78, 5) is 0. The first-order chi connectivity index (χ1) is 9.58. The van der Waals surface area contributed by atoms with E-state index in [9.17, 15) is 4.39 Å². The molecule has 0 spiro atoms. The van der Waals surface area contributed by atoms with Gasteiger partial charge >= 0.3 is 0 Å². The van der Waals surface area contributed by atoms with E-state index in [1.54, 1.807) is 30.3 Å². The van der Waals surface area contributed by atoms with E-state index in [0.29, 0.717) is 20.5 Å². The maximum Gasteiger partial charge on any atom is 0.131 e. The van der Waals surface area contributed by atoms with Gasteiger partial charge in [-0.1, -0.05) is 65.1 Å². The zero-order valence-corrected chi connectivity index (χ0v) is 12.4. The number of rotatable bonds is 1. The molecule has 0 saturated heterocycles. The Morgan fingerprint density at radius 2 is 1.30 bits per heavy atom. The largest absolute Gasteiger partial charge is 0.206 e. The lowest BCUT2D eigenvalue weighted by atomic mass is 9.98. The Bertz CT molecular complexity index is 812. The number of hydrogen-bond donors (Lipinski definition) is 0. The van der Waals surface area contributed by atoms with E-state index in [4.69, 9.17) is 34.8 Å². The quantitative estimate of drug-likeness (QED) is 0.442. The van der Waals surface area contributed by atoms with Crippen LogP contribution in [0.5, 0.6) is 0 Å². The van der Waals surface area contributed by atoms with Crippen molar-refractivity contribution < 1.29 is 4.39 Å². The van der Waals surface area contributed by atoms with E-state index in [1.165, 1.54) is 6.07 Å².